The minimum Gasteiger partial charge on any atom is -0.455 e. The number of rotatable bonds is 7. The Labute approximate surface area is 206 Å². The van der Waals surface area contributed by atoms with Gasteiger partial charge in [0.1, 0.15) is 18.5 Å². The van der Waals surface area contributed by atoms with Crippen LogP contribution in [0.3, 0.4) is 0 Å². The highest BCUT2D eigenvalue weighted by molar-refractivity contribution is 7.10. The van der Waals surface area contributed by atoms with Crippen LogP contribution < -0.4 is 0 Å². The summed E-state index contributed by atoms with van der Waals surface area (Å²) in [6.45, 7) is 5.16. The van der Waals surface area contributed by atoms with Crippen LogP contribution in [-0.2, 0) is 26.2 Å². The highest BCUT2D eigenvalue weighted by Gasteiger charge is 2.51. The summed E-state index contributed by atoms with van der Waals surface area (Å²) in [5.74, 6) is 0.602. The standard InChI is InChI=1S/C27H36N3O3S/c1-20-16-29-22(17-28-20)15-23(31)18-30-12-8-21(9-13-30)24(19-30)33-26(32)27(25-7-6-14-34-25)10-4-2-3-5-11-27/h6-7,14,16-17,21,24H,2-5,8-13,15,18-19H2,1H3/q+1/t21?,24-,30?/m0/s1. The first kappa shape index (κ1) is 23.6. The number of piperidine rings is 3. The summed E-state index contributed by atoms with van der Waals surface area (Å²) in [4.78, 5) is 36.6. The first-order valence-electron chi connectivity index (χ1n) is 12.9. The van der Waals surface area contributed by atoms with Crippen molar-refractivity contribution in [3.05, 3.63) is 46.2 Å². The molecule has 3 saturated heterocycles. The third-order valence-electron chi connectivity index (χ3n) is 8.37. The second-order valence-corrected chi connectivity index (χ2v) is 11.7. The molecule has 6 nitrogen and oxygen atoms in total. The average Bonchev–Trinajstić information content (AvgIpc) is 3.26. The molecule has 4 aliphatic rings. The van der Waals surface area contributed by atoms with E-state index in [1.807, 2.05) is 6.92 Å². The maximum atomic E-state index is 13.8. The van der Waals surface area contributed by atoms with Gasteiger partial charge in [0.05, 0.1) is 30.9 Å². The molecule has 0 amide bonds. The number of fused-ring (bicyclic) bond motifs is 3. The highest BCUT2D eigenvalue weighted by Crippen LogP contribution is 2.43. The zero-order valence-corrected chi connectivity index (χ0v) is 21.0. The van der Waals surface area contributed by atoms with Crippen molar-refractivity contribution in [1.29, 1.82) is 0 Å². The van der Waals surface area contributed by atoms with Gasteiger partial charge >= 0.3 is 5.97 Å². The monoisotopic (exact) mass is 482 g/mol. The fraction of sp³-hybridized carbons (Fsp3) is 0.630. The second-order valence-electron chi connectivity index (χ2n) is 10.7. The second kappa shape index (κ2) is 9.86. The van der Waals surface area contributed by atoms with Crippen LogP contribution in [0.1, 0.15) is 67.6 Å². The van der Waals surface area contributed by atoms with E-state index in [9.17, 15) is 9.59 Å². The minimum atomic E-state index is -0.485. The number of carbonyl (C=O) groups excluding carboxylic acids is 2. The van der Waals surface area contributed by atoms with Gasteiger partial charge in [-0.25, -0.2) is 0 Å². The number of ketones is 1. The van der Waals surface area contributed by atoms with E-state index in [1.165, 1.54) is 17.7 Å². The van der Waals surface area contributed by atoms with Gasteiger partial charge in [0.2, 0.25) is 0 Å². The summed E-state index contributed by atoms with van der Waals surface area (Å²) < 4.78 is 7.15. The molecule has 0 aromatic carbocycles. The number of hydrogen-bond donors (Lipinski definition) is 0. The third kappa shape index (κ3) is 4.82. The molecule has 0 unspecified atom stereocenters. The van der Waals surface area contributed by atoms with Gasteiger partial charge in [0.15, 0.2) is 11.9 Å². The Bertz CT molecular complexity index is 989. The van der Waals surface area contributed by atoms with E-state index in [0.29, 0.717) is 18.9 Å². The van der Waals surface area contributed by atoms with Crippen LogP contribution in [0.4, 0.5) is 0 Å². The van der Waals surface area contributed by atoms with E-state index < -0.39 is 5.41 Å². The van der Waals surface area contributed by atoms with Gasteiger partial charge in [-0.3, -0.25) is 19.6 Å². The molecular formula is C27H36N3O3S+. The van der Waals surface area contributed by atoms with E-state index in [1.54, 1.807) is 23.7 Å². The quantitative estimate of drug-likeness (QED) is 0.332. The molecule has 0 radical (unpaired) electrons. The molecule has 0 N–H and O–H groups in total. The van der Waals surface area contributed by atoms with Gasteiger partial charge in [-0.1, -0.05) is 31.7 Å². The van der Waals surface area contributed by atoms with Crippen LogP contribution in [0, 0.1) is 12.8 Å². The largest absolute Gasteiger partial charge is 0.455 e. The van der Waals surface area contributed by atoms with Crippen molar-refractivity contribution in [1.82, 2.24) is 9.97 Å². The molecule has 1 atom stereocenters. The zero-order chi connectivity index (χ0) is 23.6. The SMILES string of the molecule is Cc1cnc(CC(=O)C[N+]23CCC(CC2)[C@@H](OC(=O)C2(c4cccs4)CCCCCC2)C3)cn1. The van der Waals surface area contributed by atoms with Crippen LogP contribution >= 0.6 is 11.3 Å². The normalized spacial score (nSPS) is 28.3. The van der Waals surface area contributed by atoms with E-state index in [4.69, 9.17) is 4.74 Å². The minimum absolute atomic E-state index is 0.0185. The van der Waals surface area contributed by atoms with Gasteiger partial charge < -0.3 is 9.22 Å². The number of hydrogen-bond acceptors (Lipinski definition) is 6. The van der Waals surface area contributed by atoms with Crippen LogP contribution in [0.5, 0.6) is 0 Å². The molecule has 6 rings (SSSR count). The topological polar surface area (TPSA) is 69.2 Å². The molecule has 1 saturated carbocycles. The Balaban J connectivity index is 1.27. The van der Waals surface area contributed by atoms with Gasteiger partial charge in [0, 0.05) is 36.0 Å². The maximum Gasteiger partial charge on any atom is 0.317 e. The van der Waals surface area contributed by atoms with Crippen molar-refractivity contribution in [2.24, 2.45) is 5.92 Å². The lowest BCUT2D eigenvalue weighted by Gasteiger charge is -2.52. The maximum absolute atomic E-state index is 13.8. The van der Waals surface area contributed by atoms with Crippen molar-refractivity contribution < 1.29 is 18.8 Å². The molecular weight excluding hydrogens is 446 g/mol. The first-order chi connectivity index (χ1) is 16.5. The summed E-state index contributed by atoms with van der Waals surface area (Å²) in [5.41, 5.74) is 1.10. The number of nitrogens with zero attached hydrogens (tertiary/aromatic N) is 3. The van der Waals surface area contributed by atoms with Crippen LogP contribution in [0.2, 0.25) is 0 Å². The lowest BCUT2D eigenvalue weighted by molar-refractivity contribution is -0.939. The summed E-state index contributed by atoms with van der Waals surface area (Å²) in [6.07, 6.45) is 12.0. The fourth-order valence-corrected chi connectivity index (χ4v) is 7.38. The average molecular weight is 483 g/mol. The molecule has 4 fully saturated rings. The summed E-state index contributed by atoms with van der Waals surface area (Å²) in [5, 5.41) is 2.08. The summed E-state index contributed by atoms with van der Waals surface area (Å²) in [7, 11) is 0. The molecule has 1 aliphatic carbocycles. The van der Waals surface area contributed by atoms with Crippen molar-refractivity contribution in [2.75, 3.05) is 26.2 Å². The van der Waals surface area contributed by atoms with Crippen molar-refractivity contribution >= 4 is 23.1 Å². The van der Waals surface area contributed by atoms with Crippen LogP contribution in [0.25, 0.3) is 0 Å². The van der Waals surface area contributed by atoms with Crippen LogP contribution in [-0.4, -0.2) is 58.5 Å². The molecule has 2 aromatic rings. The van der Waals surface area contributed by atoms with Crippen molar-refractivity contribution in [3.63, 3.8) is 0 Å². The molecule has 7 heteroatoms. The Morgan fingerprint density at radius 3 is 2.53 bits per heavy atom. The number of ether oxygens (including phenoxy) is 1. The first-order valence-corrected chi connectivity index (χ1v) is 13.8. The lowest BCUT2D eigenvalue weighted by atomic mass is 9.78. The number of thiophene rings is 1. The Morgan fingerprint density at radius 1 is 1.12 bits per heavy atom. The Morgan fingerprint density at radius 2 is 1.88 bits per heavy atom. The number of quaternary nitrogens is 1. The van der Waals surface area contributed by atoms with Crippen molar-refractivity contribution in [3.8, 4) is 0 Å². The molecule has 34 heavy (non-hydrogen) atoms. The van der Waals surface area contributed by atoms with Crippen molar-refractivity contribution in [2.45, 2.75) is 76.2 Å². The highest BCUT2D eigenvalue weighted by atomic mass is 32.1. The fourth-order valence-electron chi connectivity index (χ4n) is 6.40. The van der Waals surface area contributed by atoms with E-state index in [0.717, 1.165) is 74.0 Å². The number of aryl methyl sites for hydroxylation is 1. The summed E-state index contributed by atoms with van der Waals surface area (Å²) in [6, 6.07) is 4.17. The molecule has 2 aromatic heterocycles. The van der Waals surface area contributed by atoms with E-state index in [2.05, 4.69) is 27.5 Å². The van der Waals surface area contributed by atoms with E-state index in [-0.39, 0.29) is 17.9 Å². The molecule has 0 spiro atoms. The molecule has 3 aliphatic heterocycles. The molecule has 2 bridgehead atoms. The lowest BCUT2D eigenvalue weighted by Crippen LogP contribution is -2.66. The van der Waals surface area contributed by atoms with E-state index >= 15 is 0 Å². The smallest absolute Gasteiger partial charge is 0.317 e. The van der Waals surface area contributed by atoms with Gasteiger partial charge in [-0.15, -0.1) is 11.3 Å². The number of esters is 1. The van der Waals surface area contributed by atoms with Gasteiger partial charge in [0.25, 0.3) is 0 Å². The van der Waals surface area contributed by atoms with Gasteiger partial charge in [-0.05, 0) is 31.2 Å². The Hall–Kier alpha value is -2.12. The third-order valence-corrected chi connectivity index (χ3v) is 9.44. The van der Waals surface area contributed by atoms with Crippen LogP contribution in [0.15, 0.2) is 29.9 Å². The Kier molecular flexibility index (Phi) is 6.85. The van der Waals surface area contributed by atoms with Gasteiger partial charge in [-0.2, -0.15) is 0 Å². The summed E-state index contributed by atoms with van der Waals surface area (Å²) >= 11 is 1.69. The molecule has 182 valence electrons. The number of Topliss-reactive ketones (excluding diaryl/α,β-unsaturated/α-hetero) is 1. The number of aromatic nitrogens is 2. The zero-order valence-electron chi connectivity index (χ0n) is 20.2. The predicted molar refractivity (Wildman–Crippen MR) is 132 cm³/mol. The predicted octanol–water partition coefficient (Wildman–Crippen LogP) is 4.40. The number of carbonyl (C=O) groups is 2. The molecule has 5 heterocycles.